The van der Waals surface area contributed by atoms with Crippen LogP contribution < -0.4 is 4.74 Å². The number of rotatable bonds is 5. The Morgan fingerprint density at radius 2 is 1.81 bits per heavy atom. The molecule has 1 aromatic rings. The van der Waals surface area contributed by atoms with Crippen molar-refractivity contribution in [3.63, 3.8) is 0 Å². The SMILES string of the molecule is COc1ccc(C(O[Si](C)(C)C)C2CCCCC2=O)cc1. The highest BCUT2D eigenvalue weighted by Gasteiger charge is 2.34. The third kappa shape index (κ3) is 4.42. The molecule has 0 heterocycles. The summed E-state index contributed by atoms with van der Waals surface area (Å²) in [7, 11) is -0.0596. The number of methoxy groups -OCH3 is 1. The van der Waals surface area contributed by atoms with Crippen molar-refractivity contribution in [3.8, 4) is 5.75 Å². The molecular formula is C17H26O3Si. The molecule has 0 bridgehead atoms. The minimum atomic E-state index is -1.72. The summed E-state index contributed by atoms with van der Waals surface area (Å²) in [5.41, 5.74) is 1.10. The van der Waals surface area contributed by atoms with Crippen LogP contribution in [-0.4, -0.2) is 21.2 Å². The van der Waals surface area contributed by atoms with Gasteiger partial charge in [0.25, 0.3) is 0 Å². The molecule has 1 aliphatic rings. The van der Waals surface area contributed by atoms with Gasteiger partial charge in [-0.05, 0) is 50.2 Å². The van der Waals surface area contributed by atoms with Crippen LogP contribution in [0.3, 0.4) is 0 Å². The van der Waals surface area contributed by atoms with Crippen molar-refractivity contribution in [2.45, 2.75) is 51.4 Å². The van der Waals surface area contributed by atoms with Gasteiger partial charge in [-0.15, -0.1) is 0 Å². The lowest BCUT2D eigenvalue weighted by Gasteiger charge is -2.34. The topological polar surface area (TPSA) is 35.5 Å². The summed E-state index contributed by atoms with van der Waals surface area (Å²) in [5.74, 6) is 1.21. The maximum absolute atomic E-state index is 12.3. The third-order valence-corrected chi connectivity index (χ3v) is 4.85. The van der Waals surface area contributed by atoms with Gasteiger partial charge in [0.05, 0.1) is 13.2 Å². The number of carbonyl (C=O) groups is 1. The number of benzene rings is 1. The summed E-state index contributed by atoms with van der Waals surface area (Å²) in [6.07, 6.45) is 3.69. The van der Waals surface area contributed by atoms with Crippen molar-refractivity contribution in [3.05, 3.63) is 29.8 Å². The Morgan fingerprint density at radius 3 is 2.33 bits per heavy atom. The maximum atomic E-state index is 12.3. The van der Waals surface area contributed by atoms with Crippen molar-refractivity contribution in [1.29, 1.82) is 0 Å². The summed E-state index contributed by atoms with van der Waals surface area (Å²) in [4.78, 5) is 12.3. The van der Waals surface area contributed by atoms with E-state index in [1.807, 2.05) is 24.3 Å². The van der Waals surface area contributed by atoms with E-state index in [9.17, 15) is 4.79 Å². The third-order valence-electron chi connectivity index (χ3n) is 3.89. The molecule has 0 radical (unpaired) electrons. The number of ketones is 1. The zero-order valence-electron chi connectivity index (χ0n) is 13.5. The highest BCUT2D eigenvalue weighted by atomic mass is 28.4. The number of hydrogen-bond acceptors (Lipinski definition) is 3. The molecule has 0 N–H and O–H groups in total. The van der Waals surface area contributed by atoms with Gasteiger partial charge in [0, 0.05) is 12.3 Å². The van der Waals surface area contributed by atoms with Crippen LogP contribution in [0.25, 0.3) is 0 Å². The quantitative estimate of drug-likeness (QED) is 0.759. The molecular weight excluding hydrogens is 280 g/mol. The summed E-state index contributed by atoms with van der Waals surface area (Å²) in [6.45, 7) is 6.53. The number of ether oxygens (including phenoxy) is 1. The Labute approximate surface area is 128 Å². The van der Waals surface area contributed by atoms with Gasteiger partial charge >= 0.3 is 0 Å². The Hall–Kier alpha value is -1.13. The largest absolute Gasteiger partial charge is 0.497 e. The second-order valence-electron chi connectivity index (χ2n) is 6.74. The van der Waals surface area contributed by atoms with Gasteiger partial charge < -0.3 is 9.16 Å². The average Bonchev–Trinajstić information content (AvgIpc) is 2.45. The monoisotopic (exact) mass is 306 g/mol. The van der Waals surface area contributed by atoms with Gasteiger partial charge in [0.15, 0.2) is 8.32 Å². The van der Waals surface area contributed by atoms with Crippen LogP contribution in [0.15, 0.2) is 24.3 Å². The van der Waals surface area contributed by atoms with Crippen LogP contribution in [0.1, 0.15) is 37.4 Å². The molecule has 0 amide bonds. The predicted molar refractivity (Wildman–Crippen MR) is 87.1 cm³/mol. The summed E-state index contributed by atoms with van der Waals surface area (Å²) >= 11 is 0. The standard InChI is InChI=1S/C17H26O3Si/c1-19-14-11-9-13(10-12-14)17(20-21(2,3)4)15-7-5-6-8-16(15)18/h9-12,15,17H,5-8H2,1-4H3. The lowest BCUT2D eigenvalue weighted by Crippen LogP contribution is -2.35. The van der Waals surface area contributed by atoms with Gasteiger partial charge in [-0.2, -0.15) is 0 Å². The maximum Gasteiger partial charge on any atom is 0.184 e. The van der Waals surface area contributed by atoms with Crippen molar-refractivity contribution in [2.75, 3.05) is 7.11 Å². The van der Waals surface area contributed by atoms with E-state index in [-0.39, 0.29) is 12.0 Å². The zero-order chi connectivity index (χ0) is 15.5. The first-order valence-electron chi connectivity index (χ1n) is 7.75. The van der Waals surface area contributed by atoms with Crippen LogP contribution in [0.4, 0.5) is 0 Å². The highest BCUT2D eigenvalue weighted by Crippen LogP contribution is 2.37. The molecule has 21 heavy (non-hydrogen) atoms. The molecule has 3 nitrogen and oxygen atoms in total. The minimum Gasteiger partial charge on any atom is -0.497 e. The molecule has 1 aromatic carbocycles. The van der Waals surface area contributed by atoms with Crippen LogP contribution in [0, 0.1) is 5.92 Å². The van der Waals surface area contributed by atoms with Crippen LogP contribution >= 0.6 is 0 Å². The smallest absolute Gasteiger partial charge is 0.184 e. The first-order valence-corrected chi connectivity index (χ1v) is 11.2. The Bertz CT molecular complexity index is 476. The van der Waals surface area contributed by atoms with Gasteiger partial charge in [-0.3, -0.25) is 4.79 Å². The summed E-state index contributed by atoms with van der Waals surface area (Å²) in [6, 6.07) is 7.96. The van der Waals surface area contributed by atoms with Gasteiger partial charge in [-0.1, -0.05) is 18.6 Å². The predicted octanol–water partition coefficient (Wildman–Crippen LogP) is 4.35. The Balaban J connectivity index is 2.27. The van der Waals surface area contributed by atoms with E-state index >= 15 is 0 Å². The second-order valence-corrected chi connectivity index (χ2v) is 11.2. The number of hydrogen-bond donors (Lipinski definition) is 0. The molecule has 2 rings (SSSR count). The fourth-order valence-corrected chi connectivity index (χ4v) is 3.95. The first-order chi connectivity index (χ1) is 9.90. The molecule has 2 atom stereocenters. The Morgan fingerprint density at radius 1 is 1.14 bits per heavy atom. The Kier molecular flexibility index (Phi) is 5.22. The molecule has 1 fully saturated rings. The number of Topliss-reactive ketones (excluding diaryl/α,β-unsaturated/α-hetero) is 1. The van der Waals surface area contributed by atoms with Crippen molar-refractivity contribution >= 4 is 14.1 Å². The van der Waals surface area contributed by atoms with E-state index in [0.717, 1.165) is 30.6 Å². The van der Waals surface area contributed by atoms with Crippen molar-refractivity contribution in [1.82, 2.24) is 0 Å². The van der Waals surface area contributed by atoms with Crippen LogP contribution in [0.5, 0.6) is 5.75 Å². The summed E-state index contributed by atoms with van der Waals surface area (Å²) in [5, 5.41) is 0. The molecule has 0 spiro atoms. The van der Waals surface area contributed by atoms with E-state index < -0.39 is 8.32 Å². The van der Waals surface area contributed by atoms with E-state index in [1.54, 1.807) is 7.11 Å². The van der Waals surface area contributed by atoms with Crippen molar-refractivity contribution < 1.29 is 14.0 Å². The lowest BCUT2D eigenvalue weighted by atomic mass is 9.82. The number of carbonyl (C=O) groups excluding carboxylic acids is 1. The van der Waals surface area contributed by atoms with Gasteiger partial charge in [-0.25, -0.2) is 0 Å². The van der Waals surface area contributed by atoms with Crippen molar-refractivity contribution in [2.24, 2.45) is 5.92 Å². The van der Waals surface area contributed by atoms with E-state index in [1.165, 1.54) is 0 Å². The lowest BCUT2D eigenvalue weighted by molar-refractivity contribution is -0.128. The molecule has 116 valence electrons. The zero-order valence-corrected chi connectivity index (χ0v) is 14.5. The molecule has 2 unspecified atom stereocenters. The molecule has 1 saturated carbocycles. The van der Waals surface area contributed by atoms with Gasteiger partial charge in [0.1, 0.15) is 11.5 Å². The fourth-order valence-electron chi connectivity index (χ4n) is 2.89. The summed E-state index contributed by atoms with van der Waals surface area (Å²) < 4.78 is 11.6. The van der Waals surface area contributed by atoms with Crippen LogP contribution in [-0.2, 0) is 9.22 Å². The highest BCUT2D eigenvalue weighted by molar-refractivity contribution is 6.69. The van der Waals surface area contributed by atoms with Crippen LogP contribution in [0.2, 0.25) is 19.6 Å². The van der Waals surface area contributed by atoms with E-state index in [4.69, 9.17) is 9.16 Å². The first kappa shape index (κ1) is 16.2. The average molecular weight is 306 g/mol. The molecule has 0 aliphatic heterocycles. The molecule has 4 heteroatoms. The minimum absolute atomic E-state index is 0.0128. The van der Waals surface area contributed by atoms with E-state index in [2.05, 4.69) is 19.6 Å². The normalized spacial score (nSPS) is 21.1. The molecule has 0 saturated heterocycles. The van der Waals surface area contributed by atoms with E-state index in [0.29, 0.717) is 12.2 Å². The molecule has 1 aliphatic carbocycles. The second kappa shape index (κ2) is 6.75. The molecule has 0 aromatic heterocycles. The van der Waals surface area contributed by atoms with Gasteiger partial charge in [0.2, 0.25) is 0 Å². The fraction of sp³-hybridized carbons (Fsp3) is 0.588.